The molecule has 0 saturated heterocycles. The monoisotopic (exact) mass is 582 g/mol. The van der Waals surface area contributed by atoms with E-state index in [0.29, 0.717) is 33.9 Å². The van der Waals surface area contributed by atoms with Crippen LogP contribution < -0.4 is 9.80 Å². The first-order valence-electron chi connectivity index (χ1n) is 15.1. The third kappa shape index (κ3) is 6.08. The van der Waals surface area contributed by atoms with Crippen molar-refractivity contribution in [3.05, 3.63) is 82.7 Å². The molecule has 3 aliphatic rings. The molecule has 0 atom stereocenters. The van der Waals surface area contributed by atoms with Crippen LogP contribution in [0.2, 0.25) is 0 Å². The van der Waals surface area contributed by atoms with Crippen LogP contribution in [0.3, 0.4) is 0 Å². The van der Waals surface area contributed by atoms with Crippen LogP contribution in [0.25, 0.3) is 0 Å². The summed E-state index contributed by atoms with van der Waals surface area (Å²) >= 11 is 0. The van der Waals surface area contributed by atoms with Gasteiger partial charge in [-0.3, -0.25) is 0 Å². The number of para-hydroxylation sites is 2. The van der Waals surface area contributed by atoms with Gasteiger partial charge in [0.25, 0.3) is 0 Å². The quantitative estimate of drug-likeness (QED) is 0.293. The molecule has 228 valence electrons. The van der Waals surface area contributed by atoms with Crippen molar-refractivity contribution in [3.8, 4) is 0 Å². The van der Waals surface area contributed by atoms with Gasteiger partial charge in [-0.1, -0.05) is 62.8 Å². The lowest BCUT2D eigenvalue weighted by molar-refractivity contribution is -0.137. The first-order valence-corrected chi connectivity index (χ1v) is 15.1. The molecular weight excluding hydrogens is 538 g/mol. The van der Waals surface area contributed by atoms with E-state index in [0.717, 1.165) is 64.2 Å². The first kappa shape index (κ1) is 29.8. The summed E-state index contributed by atoms with van der Waals surface area (Å²) in [6, 6.07) is 13.0. The lowest BCUT2D eigenvalue weighted by Gasteiger charge is -2.43. The lowest BCUT2D eigenvalue weighted by Crippen LogP contribution is -2.43. The van der Waals surface area contributed by atoms with Gasteiger partial charge in [0.05, 0.1) is 36.7 Å². The number of hydrogen-bond donors (Lipinski definition) is 0. The summed E-state index contributed by atoms with van der Waals surface area (Å²) in [6.07, 6.45) is 9.56. The SMILES string of the molecule is COC(=O)C1=C(N(c2ccccc2F)C2CCCCC2)CC(C(=O)OC)=C(N(c2ccccc2F)C2CCCCC2)C1.[HH].[HH]. The molecule has 6 nitrogen and oxygen atoms in total. The minimum Gasteiger partial charge on any atom is -0.466 e. The summed E-state index contributed by atoms with van der Waals surface area (Å²) < 4.78 is 41.5. The molecule has 0 spiro atoms. The van der Waals surface area contributed by atoms with E-state index in [9.17, 15) is 9.59 Å². The maximum atomic E-state index is 15.5. The molecular formula is C34H44F2N2O4. The van der Waals surface area contributed by atoms with E-state index < -0.39 is 23.6 Å². The number of carbonyl (C=O) groups excluding carboxylic acids is 2. The van der Waals surface area contributed by atoms with Gasteiger partial charge in [0.2, 0.25) is 0 Å². The van der Waals surface area contributed by atoms with Crippen LogP contribution in [0, 0.1) is 11.6 Å². The maximum absolute atomic E-state index is 15.5. The van der Waals surface area contributed by atoms with Crippen LogP contribution in [-0.4, -0.2) is 38.2 Å². The Bertz CT molecular complexity index is 1270. The molecule has 0 unspecified atom stereocenters. The number of hydrogen-bond acceptors (Lipinski definition) is 6. The molecule has 8 heteroatoms. The highest BCUT2D eigenvalue weighted by atomic mass is 19.1. The van der Waals surface area contributed by atoms with Gasteiger partial charge in [-0.05, 0) is 49.9 Å². The highest BCUT2D eigenvalue weighted by Gasteiger charge is 2.39. The smallest absolute Gasteiger partial charge is 0.335 e. The predicted octanol–water partition coefficient (Wildman–Crippen LogP) is 8.08. The van der Waals surface area contributed by atoms with Crippen molar-refractivity contribution in [2.45, 2.75) is 89.1 Å². The molecule has 0 amide bonds. The molecule has 0 bridgehead atoms. The van der Waals surface area contributed by atoms with Crippen LogP contribution in [0.15, 0.2) is 71.1 Å². The molecule has 0 heterocycles. The molecule has 2 aromatic carbocycles. The molecule has 0 radical (unpaired) electrons. The summed E-state index contributed by atoms with van der Waals surface area (Å²) in [7, 11) is 2.66. The lowest BCUT2D eigenvalue weighted by atomic mass is 9.86. The Morgan fingerprint density at radius 3 is 1.33 bits per heavy atom. The Hall–Kier alpha value is -3.68. The van der Waals surface area contributed by atoms with E-state index in [2.05, 4.69) is 0 Å². The molecule has 42 heavy (non-hydrogen) atoms. The van der Waals surface area contributed by atoms with Gasteiger partial charge in [0.15, 0.2) is 0 Å². The number of anilines is 2. The number of nitrogens with zero attached hydrogens (tertiary/aromatic N) is 2. The minimum absolute atomic E-state index is 0. The van der Waals surface area contributed by atoms with Crippen molar-refractivity contribution in [2.75, 3.05) is 24.0 Å². The zero-order valence-electron chi connectivity index (χ0n) is 24.5. The van der Waals surface area contributed by atoms with Crippen molar-refractivity contribution in [1.29, 1.82) is 0 Å². The average molecular weight is 583 g/mol. The van der Waals surface area contributed by atoms with Gasteiger partial charge in [-0.25, -0.2) is 18.4 Å². The van der Waals surface area contributed by atoms with E-state index in [4.69, 9.17) is 9.47 Å². The number of rotatable bonds is 8. The van der Waals surface area contributed by atoms with Crippen molar-refractivity contribution < 1.29 is 30.7 Å². The molecule has 2 fully saturated rings. The first-order chi connectivity index (χ1) is 20.4. The summed E-state index contributed by atoms with van der Waals surface area (Å²) in [5.41, 5.74) is 2.52. The van der Waals surface area contributed by atoms with Crippen LogP contribution >= 0.6 is 0 Å². The number of carbonyl (C=O) groups is 2. The van der Waals surface area contributed by atoms with Gasteiger partial charge in [-0.15, -0.1) is 0 Å². The number of esters is 2. The largest absolute Gasteiger partial charge is 0.466 e. The van der Waals surface area contributed by atoms with Crippen LogP contribution in [0.4, 0.5) is 20.2 Å². The number of ether oxygens (including phenoxy) is 2. The molecule has 5 rings (SSSR count). The molecule has 0 aliphatic heterocycles. The number of methoxy groups -OCH3 is 2. The van der Waals surface area contributed by atoms with Crippen LogP contribution in [0.1, 0.15) is 79.9 Å². The van der Waals surface area contributed by atoms with E-state index in [1.807, 2.05) is 9.80 Å². The minimum atomic E-state index is -0.541. The topological polar surface area (TPSA) is 59.1 Å². The Morgan fingerprint density at radius 2 is 1.00 bits per heavy atom. The summed E-state index contributed by atoms with van der Waals surface area (Å²) in [6.45, 7) is 0. The summed E-state index contributed by atoms with van der Waals surface area (Å²) in [5.74, 6) is -1.88. The highest BCUT2D eigenvalue weighted by molar-refractivity contribution is 5.97. The van der Waals surface area contributed by atoms with Crippen LogP contribution in [-0.2, 0) is 19.1 Å². The molecule has 3 aliphatic carbocycles. The fraction of sp³-hybridized carbons (Fsp3) is 0.471. The highest BCUT2D eigenvalue weighted by Crippen LogP contribution is 2.44. The average Bonchev–Trinajstić information content (AvgIpc) is 3.03. The Morgan fingerprint density at radius 1 is 0.643 bits per heavy atom. The van der Waals surface area contributed by atoms with Crippen molar-refractivity contribution in [1.82, 2.24) is 0 Å². The Kier molecular flexibility index (Phi) is 9.60. The third-order valence-electron chi connectivity index (χ3n) is 8.93. The van der Waals surface area contributed by atoms with Crippen molar-refractivity contribution in [3.63, 3.8) is 0 Å². The van der Waals surface area contributed by atoms with Gasteiger partial charge in [0.1, 0.15) is 11.6 Å². The fourth-order valence-electron chi connectivity index (χ4n) is 6.94. The zero-order chi connectivity index (χ0) is 29.6. The van der Waals surface area contributed by atoms with E-state index in [-0.39, 0.29) is 27.8 Å². The second-order valence-electron chi connectivity index (χ2n) is 11.4. The summed E-state index contributed by atoms with van der Waals surface area (Å²) in [5, 5.41) is 0. The van der Waals surface area contributed by atoms with Gasteiger partial charge in [-0.2, -0.15) is 0 Å². The van der Waals surface area contributed by atoms with E-state index >= 15 is 8.78 Å². The molecule has 0 aromatic heterocycles. The molecule has 0 N–H and O–H groups in total. The van der Waals surface area contributed by atoms with Crippen molar-refractivity contribution >= 4 is 23.3 Å². The normalized spacial score (nSPS) is 18.6. The van der Waals surface area contributed by atoms with Crippen LogP contribution in [0.5, 0.6) is 0 Å². The van der Waals surface area contributed by atoms with Gasteiger partial charge >= 0.3 is 11.9 Å². The Balaban J connectivity index is 0.00000264. The molecule has 2 aromatic rings. The van der Waals surface area contributed by atoms with Gasteiger partial charge in [0, 0.05) is 39.2 Å². The number of benzene rings is 2. The number of allylic oxidation sites excluding steroid dienone is 2. The van der Waals surface area contributed by atoms with Gasteiger partial charge < -0.3 is 19.3 Å². The second kappa shape index (κ2) is 13.5. The second-order valence-corrected chi connectivity index (χ2v) is 11.4. The Labute approximate surface area is 249 Å². The fourth-order valence-corrected chi connectivity index (χ4v) is 6.94. The zero-order valence-corrected chi connectivity index (χ0v) is 24.5. The van der Waals surface area contributed by atoms with E-state index in [1.54, 1.807) is 36.4 Å². The summed E-state index contributed by atoms with van der Waals surface area (Å²) in [4.78, 5) is 30.9. The van der Waals surface area contributed by atoms with Crippen molar-refractivity contribution in [2.24, 2.45) is 0 Å². The molecule has 2 saturated carbocycles. The standard InChI is InChI=1S/C34H40F2N2O4.2H2/c1-41-33(39)25-21-32(38(24-15-7-4-8-16-24)30-20-12-10-18-28(30)36)26(34(40)42-2)22-31(25)37(23-13-5-3-6-14-23)29-19-11-9-17-27(29)35;;/h9-12,17-20,23-24H,3-8,13-16,21-22H2,1-2H3;2*1H. The predicted molar refractivity (Wildman–Crippen MR) is 163 cm³/mol. The number of halogens is 2. The van der Waals surface area contributed by atoms with E-state index in [1.165, 1.54) is 26.4 Å². The maximum Gasteiger partial charge on any atom is 0.335 e. The third-order valence-corrected chi connectivity index (χ3v) is 8.93.